The largest absolute Gasteiger partial charge is 0.299 e. The van der Waals surface area contributed by atoms with Gasteiger partial charge in [-0.1, -0.05) is 0 Å². The van der Waals surface area contributed by atoms with E-state index in [9.17, 15) is 24.0 Å². The van der Waals surface area contributed by atoms with Crippen LogP contribution in [0.5, 0.6) is 0 Å². The molecule has 0 rings (SSSR count). The van der Waals surface area contributed by atoms with Crippen molar-refractivity contribution in [1.29, 1.82) is 0 Å². The fraction of sp³-hybridized carbons (Fsp3) is 0.125. The van der Waals surface area contributed by atoms with Crippen LogP contribution < -0.4 is 0 Å². The molecule has 5 heteroatoms. The highest BCUT2D eigenvalue weighted by molar-refractivity contribution is 6.79. The Balaban J connectivity index is 4.53. The van der Waals surface area contributed by atoms with Gasteiger partial charge in [-0.15, -0.1) is 0 Å². The van der Waals surface area contributed by atoms with Crippen molar-refractivity contribution in [2.24, 2.45) is 0 Å². The lowest BCUT2D eigenvalue weighted by Crippen LogP contribution is -2.27. The van der Waals surface area contributed by atoms with Crippen molar-refractivity contribution in [3.63, 3.8) is 0 Å². The summed E-state index contributed by atoms with van der Waals surface area (Å²) < 4.78 is 0. The molecule has 0 N–H and O–H groups in total. The second-order valence-electron chi connectivity index (χ2n) is 2.07. The van der Waals surface area contributed by atoms with Crippen LogP contribution in [0.3, 0.4) is 0 Å². The van der Waals surface area contributed by atoms with Crippen molar-refractivity contribution in [1.82, 2.24) is 0 Å². The lowest BCUT2D eigenvalue weighted by Gasteiger charge is -1.88. The summed E-state index contributed by atoms with van der Waals surface area (Å²) in [5, 5.41) is 0. The Labute approximate surface area is 73.4 Å². The SMILES string of the molecule is CC(=O)C(=O)C(=O)C(=O)C=CC=O. The van der Waals surface area contributed by atoms with E-state index in [-0.39, 0.29) is 6.29 Å². The van der Waals surface area contributed by atoms with E-state index in [4.69, 9.17) is 0 Å². The molecule has 0 saturated carbocycles. The predicted molar refractivity (Wildman–Crippen MR) is 40.9 cm³/mol. The first-order chi connectivity index (χ1) is 6.00. The average molecular weight is 182 g/mol. The molecule has 0 saturated heterocycles. The molecule has 5 nitrogen and oxygen atoms in total. The Morgan fingerprint density at radius 3 is 1.92 bits per heavy atom. The zero-order valence-electron chi connectivity index (χ0n) is 6.77. The van der Waals surface area contributed by atoms with Crippen LogP contribution in [0.25, 0.3) is 0 Å². The Kier molecular flexibility index (Phi) is 4.15. The number of allylic oxidation sites excluding steroid dienone is 2. The minimum atomic E-state index is -1.43. The number of carbonyl (C=O) groups excluding carboxylic acids is 5. The van der Waals surface area contributed by atoms with Crippen LogP contribution in [0.1, 0.15) is 6.92 Å². The summed E-state index contributed by atoms with van der Waals surface area (Å²) in [6.07, 6.45) is 1.69. The molecule has 0 fully saturated rings. The minimum absolute atomic E-state index is 0.281. The topological polar surface area (TPSA) is 85.3 Å². The van der Waals surface area contributed by atoms with Gasteiger partial charge in [-0.25, -0.2) is 0 Å². The number of ketones is 4. The first-order valence-corrected chi connectivity index (χ1v) is 3.26. The zero-order chi connectivity index (χ0) is 10.4. The molecule has 0 aromatic carbocycles. The van der Waals surface area contributed by atoms with Crippen molar-refractivity contribution in [3.8, 4) is 0 Å². The summed E-state index contributed by atoms with van der Waals surface area (Å²) in [5.74, 6) is -4.98. The van der Waals surface area contributed by atoms with Crippen LogP contribution in [-0.2, 0) is 24.0 Å². The maximum absolute atomic E-state index is 10.7. The van der Waals surface area contributed by atoms with E-state index < -0.39 is 23.1 Å². The second kappa shape index (κ2) is 4.87. The Hall–Kier alpha value is -1.91. The van der Waals surface area contributed by atoms with E-state index in [2.05, 4.69) is 0 Å². The molecule has 0 aromatic heterocycles. The third-order valence-corrected chi connectivity index (χ3v) is 1.08. The van der Waals surface area contributed by atoms with E-state index in [0.29, 0.717) is 6.08 Å². The summed E-state index contributed by atoms with van der Waals surface area (Å²) in [6.45, 7) is 0.886. The molecule has 0 spiro atoms. The van der Waals surface area contributed by atoms with Gasteiger partial charge in [0, 0.05) is 6.92 Å². The van der Waals surface area contributed by atoms with E-state index in [1.54, 1.807) is 0 Å². The maximum Gasteiger partial charge on any atom is 0.276 e. The first kappa shape index (κ1) is 11.1. The number of aldehydes is 1. The van der Waals surface area contributed by atoms with Gasteiger partial charge >= 0.3 is 0 Å². The van der Waals surface area contributed by atoms with Crippen LogP contribution >= 0.6 is 0 Å². The monoisotopic (exact) mass is 182 g/mol. The van der Waals surface area contributed by atoms with Gasteiger partial charge in [-0.2, -0.15) is 0 Å². The minimum Gasteiger partial charge on any atom is -0.299 e. The molecule has 0 aliphatic heterocycles. The van der Waals surface area contributed by atoms with E-state index in [0.717, 1.165) is 13.0 Å². The van der Waals surface area contributed by atoms with Crippen molar-refractivity contribution in [2.75, 3.05) is 0 Å². The van der Waals surface area contributed by atoms with Gasteiger partial charge in [-0.05, 0) is 12.2 Å². The van der Waals surface area contributed by atoms with Crippen molar-refractivity contribution >= 4 is 29.4 Å². The molecule has 0 amide bonds. The third-order valence-electron chi connectivity index (χ3n) is 1.08. The third kappa shape index (κ3) is 3.33. The number of carbonyl (C=O) groups is 5. The summed E-state index contributed by atoms with van der Waals surface area (Å²) in [6, 6.07) is 0. The van der Waals surface area contributed by atoms with Crippen molar-refractivity contribution in [3.05, 3.63) is 12.2 Å². The zero-order valence-corrected chi connectivity index (χ0v) is 6.77. The van der Waals surface area contributed by atoms with Crippen LogP contribution in [0.4, 0.5) is 0 Å². The lowest BCUT2D eigenvalue weighted by molar-refractivity contribution is -0.146. The van der Waals surface area contributed by atoms with Crippen LogP contribution in [-0.4, -0.2) is 29.4 Å². The molecule has 0 aliphatic rings. The normalized spacial score (nSPS) is 9.62. The van der Waals surface area contributed by atoms with Gasteiger partial charge < -0.3 is 0 Å². The van der Waals surface area contributed by atoms with Crippen LogP contribution in [0.2, 0.25) is 0 Å². The molecular formula is C8H6O5. The molecular weight excluding hydrogens is 176 g/mol. The highest BCUT2D eigenvalue weighted by atomic mass is 16.2. The number of hydrogen-bond donors (Lipinski definition) is 0. The molecule has 68 valence electrons. The standard InChI is InChI=1S/C8H6O5/c1-5(10)7(12)8(13)6(11)3-2-4-9/h2-4H,1H3. The predicted octanol–water partition coefficient (Wildman–Crippen LogP) is -0.962. The fourth-order valence-corrected chi connectivity index (χ4v) is 0.474. The first-order valence-electron chi connectivity index (χ1n) is 3.26. The maximum atomic E-state index is 10.7. The average Bonchev–Trinajstić information content (AvgIpc) is 2.11. The lowest BCUT2D eigenvalue weighted by atomic mass is 10.1. The molecule has 0 atom stereocenters. The highest BCUT2D eigenvalue weighted by Gasteiger charge is 2.23. The smallest absolute Gasteiger partial charge is 0.276 e. The highest BCUT2D eigenvalue weighted by Crippen LogP contribution is 1.84. The number of hydrogen-bond acceptors (Lipinski definition) is 5. The summed E-state index contributed by atoms with van der Waals surface area (Å²) in [5.41, 5.74) is 0. The quantitative estimate of drug-likeness (QED) is 0.236. The van der Waals surface area contributed by atoms with Gasteiger partial charge in [0.05, 0.1) is 0 Å². The van der Waals surface area contributed by atoms with Crippen LogP contribution in [0, 0.1) is 0 Å². The van der Waals surface area contributed by atoms with Gasteiger partial charge in [0.1, 0.15) is 6.29 Å². The number of rotatable bonds is 5. The fourth-order valence-electron chi connectivity index (χ4n) is 0.474. The molecule has 0 aliphatic carbocycles. The van der Waals surface area contributed by atoms with E-state index in [1.165, 1.54) is 0 Å². The summed E-state index contributed by atoms with van der Waals surface area (Å²) in [7, 11) is 0. The second-order valence-corrected chi connectivity index (χ2v) is 2.07. The van der Waals surface area contributed by atoms with Gasteiger partial charge in [0.2, 0.25) is 11.6 Å². The molecule has 0 bridgehead atoms. The van der Waals surface area contributed by atoms with Gasteiger partial charge in [0.15, 0.2) is 0 Å². The Morgan fingerprint density at radius 2 is 1.54 bits per heavy atom. The summed E-state index contributed by atoms with van der Waals surface area (Å²) in [4.78, 5) is 52.1. The Morgan fingerprint density at radius 1 is 1.00 bits per heavy atom. The summed E-state index contributed by atoms with van der Waals surface area (Å²) >= 11 is 0. The Bertz CT molecular complexity index is 310. The van der Waals surface area contributed by atoms with E-state index >= 15 is 0 Å². The molecule has 13 heavy (non-hydrogen) atoms. The molecule has 0 heterocycles. The molecule has 0 radical (unpaired) electrons. The molecule has 0 aromatic rings. The van der Waals surface area contributed by atoms with Crippen molar-refractivity contribution < 1.29 is 24.0 Å². The van der Waals surface area contributed by atoms with Crippen LogP contribution in [0.15, 0.2) is 12.2 Å². The molecule has 0 unspecified atom stereocenters. The van der Waals surface area contributed by atoms with Crippen molar-refractivity contribution in [2.45, 2.75) is 6.92 Å². The number of Topliss-reactive ketones (excluding diaryl/α,β-unsaturated/α-hetero) is 3. The van der Waals surface area contributed by atoms with Gasteiger partial charge in [0.25, 0.3) is 11.6 Å². The van der Waals surface area contributed by atoms with E-state index in [1.807, 2.05) is 0 Å². The van der Waals surface area contributed by atoms with Gasteiger partial charge in [-0.3, -0.25) is 24.0 Å².